The maximum Gasteiger partial charge on any atom is 0.277 e. The van der Waals surface area contributed by atoms with Gasteiger partial charge in [-0.1, -0.05) is 11.6 Å². The van der Waals surface area contributed by atoms with Gasteiger partial charge < -0.3 is 15.4 Å². The number of thiol groups is 1. The highest BCUT2D eigenvalue weighted by Crippen LogP contribution is 2.29. The lowest BCUT2D eigenvalue weighted by Gasteiger charge is -2.28. The maximum absolute atomic E-state index is 13.3. The van der Waals surface area contributed by atoms with E-state index in [-0.39, 0.29) is 45.6 Å². The summed E-state index contributed by atoms with van der Waals surface area (Å²) in [5, 5.41) is 5.70. The first-order valence-electron chi connectivity index (χ1n) is 11.3. The smallest absolute Gasteiger partial charge is 0.277 e. The lowest BCUT2D eigenvalue weighted by Crippen LogP contribution is -2.32. The molecule has 1 aliphatic rings. The molecule has 194 valence electrons. The molecule has 2 aromatic heterocycles. The highest BCUT2D eigenvalue weighted by molar-refractivity contribution is 7.72. The normalized spacial score (nSPS) is 17.3. The van der Waals surface area contributed by atoms with Crippen LogP contribution in [0.15, 0.2) is 59.8 Å². The Morgan fingerprint density at radius 1 is 0.973 bits per heavy atom. The van der Waals surface area contributed by atoms with Crippen LogP contribution in [-0.4, -0.2) is 42.3 Å². The van der Waals surface area contributed by atoms with Gasteiger partial charge >= 0.3 is 0 Å². The van der Waals surface area contributed by atoms with Crippen LogP contribution in [0.1, 0.15) is 46.5 Å². The third kappa shape index (κ3) is 6.95. The summed E-state index contributed by atoms with van der Waals surface area (Å²) in [6.45, 7) is 0. The van der Waals surface area contributed by atoms with Gasteiger partial charge in [0.15, 0.2) is 16.4 Å². The van der Waals surface area contributed by atoms with Crippen molar-refractivity contribution in [3.8, 4) is 5.75 Å². The number of carbonyl (C=O) groups excluding carboxylic acids is 2. The van der Waals surface area contributed by atoms with E-state index in [1.54, 1.807) is 12.1 Å². The fraction of sp³-hybridized carbons (Fsp3) is 0.250. The molecule has 0 radical (unpaired) electrons. The number of hydrogen-bond donors (Lipinski definition) is 4. The van der Waals surface area contributed by atoms with Gasteiger partial charge in [0.1, 0.15) is 11.6 Å². The second-order valence-corrected chi connectivity index (χ2v) is 9.99. The van der Waals surface area contributed by atoms with Crippen LogP contribution >= 0.6 is 23.4 Å². The van der Waals surface area contributed by atoms with Crippen LogP contribution in [0, 0.1) is 0 Å². The van der Waals surface area contributed by atoms with E-state index in [1.165, 1.54) is 42.7 Å². The molecule has 0 saturated heterocycles. The number of pyridine rings is 2. The summed E-state index contributed by atoms with van der Waals surface area (Å²) in [7, 11) is -2.88. The molecular weight excluding hydrogens is 541 g/mol. The average molecular weight is 564 g/mol. The first-order chi connectivity index (χ1) is 17.8. The molecule has 2 heterocycles. The van der Waals surface area contributed by atoms with Crippen LogP contribution < -0.4 is 20.2 Å². The molecule has 1 aromatic carbocycles. The summed E-state index contributed by atoms with van der Waals surface area (Å²) >= 11 is 11.6. The summed E-state index contributed by atoms with van der Waals surface area (Å²) in [6.07, 6.45) is 5.52. The molecule has 1 fully saturated rings. The number of carbonyl (C=O) groups is 2. The van der Waals surface area contributed by atoms with Gasteiger partial charge in [0.25, 0.3) is 11.8 Å². The van der Waals surface area contributed by atoms with E-state index in [0.29, 0.717) is 17.9 Å². The predicted octanol–water partition coefficient (Wildman–Crippen LogP) is 4.04. The molecule has 13 heteroatoms. The third-order valence-electron chi connectivity index (χ3n) is 5.78. The molecule has 2 amide bonds. The van der Waals surface area contributed by atoms with Crippen LogP contribution in [-0.2, 0) is 10.7 Å². The Bertz CT molecular complexity index is 1350. The minimum atomic E-state index is -2.88. The van der Waals surface area contributed by atoms with Crippen molar-refractivity contribution >= 4 is 57.4 Å². The Morgan fingerprint density at radius 2 is 1.76 bits per heavy atom. The molecule has 1 saturated carbocycles. The zero-order valence-electron chi connectivity index (χ0n) is 19.3. The first kappa shape index (κ1) is 26.8. The zero-order valence-corrected chi connectivity index (χ0v) is 21.7. The highest BCUT2D eigenvalue weighted by Gasteiger charge is 2.25. The molecule has 0 spiro atoms. The fourth-order valence-electron chi connectivity index (χ4n) is 3.88. The number of aromatic nitrogens is 2. The van der Waals surface area contributed by atoms with Crippen LogP contribution in [0.3, 0.4) is 0 Å². The van der Waals surface area contributed by atoms with Gasteiger partial charge in [0.05, 0.1) is 27.3 Å². The second kappa shape index (κ2) is 12.3. The minimum Gasteiger partial charge on any atom is -0.490 e. The Morgan fingerprint density at radius 3 is 2.43 bits per heavy atom. The van der Waals surface area contributed by atoms with Gasteiger partial charge in [-0.15, -0.1) is 0 Å². The number of hydrogen-bond acceptors (Lipinski definition) is 8. The van der Waals surface area contributed by atoms with Crippen molar-refractivity contribution in [2.24, 2.45) is 0 Å². The lowest BCUT2D eigenvalue weighted by atomic mass is 9.93. The van der Waals surface area contributed by atoms with Crippen molar-refractivity contribution in [2.45, 2.75) is 42.7 Å². The fourth-order valence-corrected chi connectivity index (χ4v) is 4.63. The second-order valence-electron chi connectivity index (χ2n) is 8.31. The molecule has 37 heavy (non-hydrogen) atoms. The van der Waals surface area contributed by atoms with E-state index < -0.39 is 22.5 Å². The van der Waals surface area contributed by atoms with Gasteiger partial charge in [-0.05, 0) is 79.9 Å². The van der Waals surface area contributed by atoms with E-state index in [4.69, 9.17) is 28.1 Å². The zero-order chi connectivity index (χ0) is 26.4. The van der Waals surface area contributed by atoms with Crippen LogP contribution in [0.4, 0.5) is 11.5 Å². The van der Waals surface area contributed by atoms with Crippen LogP contribution in [0.25, 0.3) is 0 Å². The van der Waals surface area contributed by atoms with Crippen molar-refractivity contribution in [3.05, 3.63) is 71.1 Å². The summed E-state index contributed by atoms with van der Waals surface area (Å²) in [5.41, 5.74) is 0.228. The summed E-state index contributed by atoms with van der Waals surface area (Å²) in [4.78, 5) is 37.0. The number of rotatable bonds is 8. The van der Waals surface area contributed by atoms with Gasteiger partial charge in [0.2, 0.25) is 0 Å². The molecule has 4 rings (SSSR count). The quantitative estimate of drug-likeness (QED) is 0.238. The first-order valence-corrected chi connectivity index (χ1v) is 13.3. The SMILES string of the molecule is O=C(Nc1cccnc1C(=O)Nc1ccc(Cl)cn1)c1ccc([SH](=O)=O)cc1OC1CCC(NCl)CC1. The third-order valence-corrected chi connectivity index (χ3v) is 7.01. The topological polar surface area (TPSA) is 139 Å². The standard InChI is InChI=1S/C24H23Cl2N5O5S/c25-14-3-10-21(28-13-14)30-24(33)22-19(2-1-11-27-22)29-23(32)18-9-8-17(37(34)35)12-20(18)36-16-6-4-15(31-26)5-7-16/h1-3,8-13,15-16,31,37H,4-7H2,(H,29,32)(H,28,30,33). The van der Waals surface area contributed by atoms with E-state index in [9.17, 15) is 18.0 Å². The maximum atomic E-state index is 13.3. The number of benzene rings is 1. The molecule has 0 atom stereocenters. The van der Waals surface area contributed by atoms with E-state index in [2.05, 4.69) is 25.4 Å². The molecule has 10 nitrogen and oxygen atoms in total. The van der Waals surface area contributed by atoms with Crippen molar-refractivity contribution in [3.63, 3.8) is 0 Å². The molecule has 0 unspecified atom stereocenters. The molecule has 3 aromatic rings. The monoisotopic (exact) mass is 563 g/mol. The Hall–Kier alpha value is -3.25. The average Bonchev–Trinajstić information content (AvgIpc) is 2.90. The molecule has 1 aliphatic carbocycles. The van der Waals surface area contributed by atoms with E-state index >= 15 is 0 Å². The summed E-state index contributed by atoms with van der Waals surface area (Å²) < 4.78 is 29.2. The largest absolute Gasteiger partial charge is 0.490 e. The van der Waals surface area contributed by atoms with Crippen molar-refractivity contribution in [1.29, 1.82) is 0 Å². The van der Waals surface area contributed by atoms with Gasteiger partial charge in [0, 0.05) is 18.4 Å². The van der Waals surface area contributed by atoms with Gasteiger partial charge in [-0.25, -0.2) is 23.2 Å². The van der Waals surface area contributed by atoms with Gasteiger partial charge in [-0.2, -0.15) is 0 Å². The molecule has 3 N–H and O–H groups in total. The van der Waals surface area contributed by atoms with Crippen molar-refractivity contribution in [1.82, 2.24) is 14.8 Å². The van der Waals surface area contributed by atoms with Crippen molar-refractivity contribution < 1.29 is 22.7 Å². The summed E-state index contributed by atoms with van der Waals surface area (Å²) in [6, 6.07) is 10.4. The van der Waals surface area contributed by atoms with E-state index in [0.717, 1.165) is 12.8 Å². The number of ether oxygens (including phenoxy) is 1. The van der Waals surface area contributed by atoms with Crippen LogP contribution in [0.5, 0.6) is 5.75 Å². The predicted molar refractivity (Wildman–Crippen MR) is 140 cm³/mol. The Kier molecular flexibility index (Phi) is 8.93. The summed E-state index contributed by atoms with van der Waals surface area (Å²) in [5.74, 6) is -0.790. The van der Waals surface area contributed by atoms with Crippen molar-refractivity contribution in [2.75, 3.05) is 10.6 Å². The number of nitrogens with one attached hydrogen (secondary N) is 3. The number of nitrogens with zero attached hydrogens (tertiary/aromatic N) is 2. The van der Waals surface area contributed by atoms with E-state index in [1.807, 2.05) is 0 Å². The van der Waals surface area contributed by atoms with Gasteiger partial charge in [-0.3, -0.25) is 9.59 Å². The Balaban J connectivity index is 1.55. The highest BCUT2D eigenvalue weighted by atomic mass is 35.5. The molecular formula is C24H23Cl2N5O5S. The number of halogens is 2. The number of amides is 2. The minimum absolute atomic E-state index is 0.0227. The lowest BCUT2D eigenvalue weighted by molar-refractivity contribution is 0.101. The van der Waals surface area contributed by atoms with Crippen LogP contribution in [0.2, 0.25) is 5.02 Å². The molecule has 0 bridgehead atoms. The Labute approximate surface area is 224 Å². The number of anilines is 2. The molecule has 0 aliphatic heterocycles.